The molecule has 1 fully saturated rings. The Morgan fingerprint density at radius 3 is 2.81 bits per heavy atom. The maximum Gasteiger partial charge on any atom is 0.231 e. The predicted molar refractivity (Wildman–Crippen MR) is 60.5 cm³/mol. The smallest absolute Gasteiger partial charge is 0.231 e. The van der Waals surface area contributed by atoms with E-state index in [0.29, 0.717) is 17.8 Å². The molecular formula is C12H15FN2O. The van der Waals surface area contributed by atoms with Crippen molar-refractivity contribution < 1.29 is 9.18 Å². The number of carbonyl (C=O) groups is 1. The molecule has 1 saturated carbocycles. The van der Waals surface area contributed by atoms with Gasteiger partial charge in [0.1, 0.15) is 5.82 Å². The summed E-state index contributed by atoms with van der Waals surface area (Å²) in [4.78, 5) is 11.9. The highest BCUT2D eigenvalue weighted by Gasteiger charge is 2.48. The predicted octanol–water partition coefficient (Wildman–Crippen LogP) is 1.81. The minimum Gasteiger partial charge on any atom is -0.329 e. The molecule has 0 radical (unpaired) electrons. The Morgan fingerprint density at radius 2 is 2.25 bits per heavy atom. The topological polar surface area (TPSA) is 55.1 Å². The minimum absolute atomic E-state index is 0.0938. The molecule has 1 aromatic carbocycles. The summed E-state index contributed by atoms with van der Waals surface area (Å²) in [6.45, 7) is 2.00. The molecule has 0 heterocycles. The van der Waals surface area contributed by atoms with Crippen molar-refractivity contribution in [3.63, 3.8) is 0 Å². The zero-order valence-electron chi connectivity index (χ0n) is 9.22. The molecule has 1 aromatic rings. The number of hydrogen-bond donors (Lipinski definition) is 2. The average Bonchev–Trinajstić information content (AvgIpc) is 3.05. The van der Waals surface area contributed by atoms with Gasteiger partial charge in [0.15, 0.2) is 0 Å². The lowest BCUT2D eigenvalue weighted by Gasteiger charge is -2.14. The van der Waals surface area contributed by atoms with Crippen molar-refractivity contribution in [3.8, 4) is 0 Å². The first kappa shape index (κ1) is 11.1. The highest BCUT2D eigenvalue weighted by Crippen LogP contribution is 2.45. The van der Waals surface area contributed by atoms with E-state index >= 15 is 0 Å². The monoisotopic (exact) mass is 222 g/mol. The van der Waals surface area contributed by atoms with Crippen LogP contribution < -0.4 is 11.1 Å². The SMILES string of the molecule is Cc1c(F)cccc1NC(=O)C1(CN)CC1. The van der Waals surface area contributed by atoms with Gasteiger partial charge in [0, 0.05) is 17.8 Å². The summed E-state index contributed by atoms with van der Waals surface area (Å²) in [6.07, 6.45) is 1.65. The third kappa shape index (κ3) is 1.80. The first-order valence-electron chi connectivity index (χ1n) is 5.36. The fourth-order valence-electron chi connectivity index (χ4n) is 1.67. The Kier molecular flexibility index (Phi) is 2.68. The van der Waals surface area contributed by atoms with Gasteiger partial charge in [-0.3, -0.25) is 4.79 Å². The molecule has 86 valence electrons. The molecule has 1 amide bonds. The highest BCUT2D eigenvalue weighted by molar-refractivity contribution is 5.97. The van der Waals surface area contributed by atoms with Crippen molar-refractivity contribution in [3.05, 3.63) is 29.6 Å². The van der Waals surface area contributed by atoms with E-state index in [4.69, 9.17) is 5.73 Å². The van der Waals surface area contributed by atoms with Crippen molar-refractivity contribution >= 4 is 11.6 Å². The van der Waals surface area contributed by atoms with Crippen LogP contribution in [0.4, 0.5) is 10.1 Å². The van der Waals surface area contributed by atoms with E-state index in [1.807, 2.05) is 0 Å². The Morgan fingerprint density at radius 1 is 1.56 bits per heavy atom. The lowest BCUT2D eigenvalue weighted by atomic mass is 10.1. The van der Waals surface area contributed by atoms with Crippen molar-refractivity contribution in [2.45, 2.75) is 19.8 Å². The summed E-state index contributed by atoms with van der Waals surface area (Å²) in [5, 5.41) is 2.75. The molecule has 4 heteroatoms. The van der Waals surface area contributed by atoms with Gasteiger partial charge in [-0.25, -0.2) is 4.39 Å². The lowest BCUT2D eigenvalue weighted by Crippen LogP contribution is -2.31. The molecule has 1 aliphatic carbocycles. The van der Waals surface area contributed by atoms with Gasteiger partial charge >= 0.3 is 0 Å². The normalized spacial score (nSPS) is 16.9. The standard InChI is InChI=1S/C12H15FN2O/c1-8-9(13)3-2-4-10(8)15-11(16)12(7-14)5-6-12/h2-4H,5-7,14H2,1H3,(H,15,16). The zero-order valence-corrected chi connectivity index (χ0v) is 9.22. The van der Waals surface area contributed by atoms with Gasteiger partial charge in [0.05, 0.1) is 5.41 Å². The molecule has 3 N–H and O–H groups in total. The molecule has 0 aromatic heterocycles. The summed E-state index contributed by atoms with van der Waals surface area (Å²) >= 11 is 0. The van der Waals surface area contributed by atoms with Gasteiger partial charge in [-0.05, 0) is 31.9 Å². The van der Waals surface area contributed by atoms with E-state index in [2.05, 4.69) is 5.32 Å². The molecule has 0 aliphatic heterocycles. The van der Waals surface area contributed by atoms with Crippen LogP contribution in [0, 0.1) is 18.2 Å². The Hall–Kier alpha value is -1.42. The molecule has 3 nitrogen and oxygen atoms in total. The van der Waals surface area contributed by atoms with E-state index in [1.54, 1.807) is 19.1 Å². The van der Waals surface area contributed by atoms with E-state index in [9.17, 15) is 9.18 Å². The molecule has 0 saturated heterocycles. The molecule has 16 heavy (non-hydrogen) atoms. The van der Waals surface area contributed by atoms with E-state index in [1.165, 1.54) is 6.07 Å². The van der Waals surface area contributed by atoms with Gasteiger partial charge < -0.3 is 11.1 Å². The number of rotatable bonds is 3. The average molecular weight is 222 g/mol. The van der Waals surface area contributed by atoms with Gasteiger partial charge in [-0.1, -0.05) is 6.07 Å². The number of amides is 1. The van der Waals surface area contributed by atoms with E-state index in [-0.39, 0.29) is 11.7 Å². The number of nitrogens with two attached hydrogens (primary N) is 1. The lowest BCUT2D eigenvalue weighted by molar-refractivity contribution is -0.120. The number of hydrogen-bond acceptors (Lipinski definition) is 2. The second-order valence-corrected chi connectivity index (χ2v) is 4.35. The van der Waals surface area contributed by atoms with Crippen LogP contribution in [0.25, 0.3) is 0 Å². The van der Waals surface area contributed by atoms with Crippen molar-refractivity contribution in [2.24, 2.45) is 11.1 Å². The third-order valence-electron chi connectivity index (χ3n) is 3.24. The molecule has 0 spiro atoms. The van der Waals surface area contributed by atoms with Gasteiger partial charge in [-0.2, -0.15) is 0 Å². The number of benzene rings is 1. The van der Waals surface area contributed by atoms with Gasteiger partial charge in [-0.15, -0.1) is 0 Å². The maximum atomic E-state index is 13.2. The van der Waals surface area contributed by atoms with Gasteiger partial charge in [0.25, 0.3) is 0 Å². The Bertz CT molecular complexity index is 427. The molecular weight excluding hydrogens is 207 g/mol. The first-order chi connectivity index (χ1) is 7.59. The quantitative estimate of drug-likeness (QED) is 0.819. The van der Waals surface area contributed by atoms with Crippen LogP contribution in [0.3, 0.4) is 0 Å². The second-order valence-electron chi connectivity index (χ2n) is 4.35. The number of carbonyl (C=O) groups excluding carboxylic acids is 1. The van der Waals surface area contributed by atoms with Crippen LogP contribution >= 0.6 is 0 Å². The Labute approximate surface area is 93.8 Å². The highest BCUT2D eigenvalue weighted by atomic mass is 19.1. The van der Waals surface area contributed by atoms with Crippen molar-refractivity contribution in [2.75, 3.05) is 11.9 Å². The number of nitrogens with one attached hydrogen (secondary N) is 1. The van der Waals surface area contributed by atoms with Crippen molar-refractivity contribution in [1.82, 2.24) is 0 Å². The van der Waals surface area contributed by atoms with Gasteiger partial charge in [0.2, 0.25) is 5.91 Å². The molecule has 0 atom stereocenters. The summed E-state index contributed by atoms with van der Waals surface area (Å²) in [5.41, 5.74) is 6.15. The van der Waals surface area contributed by atoms with Crippen LogP contribution in [0.2, 0.25) is 0 Å². The van der Waals surface area contributed by atoms with Crippen LogP contribution in [0.15, 0.2) is 18.2 Å². The second kappa shape index (κ2) is 3.87. The summed E-state index contributed by atoms with van der Waals surface area (Å²) < 4.78 is 13.2. The summed E-state index contributed by atoms with van der Waals surface area (Å²) in [5.74, 6) is -0.404. The summed E-state index contributed by atoms with van der Waals surface area (Å²) in [6, 6.07) is 4.66. The van der Waals surface area contributed by atoms with Crippen molar-refractivity contribution in [1.29, 1.82) is 0 Å². The minimum atomic E-state index is -0.404. The molecule has 0 unspecified atom stereocenters. The Balaban J connectivity index is 2.15. The molecule has 2 rings (SSSR count). The van der Waals surface area contributed by atoms with Crippen LogP contribution in [0.5, 0.6) is 0 Å². The molecule has 1 aliphatic rings. The molecule has 0 bridgehead atoms. The third-order valence-corrected chi connectivity index (χ3v) is 3.24. The zero-order chi connectivity index (χ0) is 11.8. The van der Waals surface area contributed by atoms with E-state index in [0.717, 1.165) is 12.8 Å². The number of halogens is 1. The van der Waals surface area contributed by atoms with E-state index < -0.39 is 5.41 Å². The number of anilines is 1. The maximum absolute atomic E-state index is 13.2. The van der Waals surface area contributed by atoms with Crippen LogP contribution in [-0.4, -0.2) is 12.5 Å². The van der Waals surface area contributed by atoms with Crippen LogP contribution in [0.1, 0.15) is 18.4 Å². The summed E-state index contributed by atoms with van der Waals surface area (Å²) in [7, 11) is 0. The first-order valence-corrected chi connectivity index (χ1v) is 5.36. The van der Waals surface area contributed by atoms with Crippen LogP contribution in [-0.2, 0) is 4.79 Å². The fraction of sp³-hybridized carbons (Fsp3) is 0.417. The largest absolute Gasteiger partial charge is 0.329 e. The fourth-order valence-corrected chi connectivity index (χ4v) is 1.67.